The van der Waals surface area contributed by atoms with Gasteiger partial charge in [-0.15, -0.1) is 0 Å². The summed E-state index contributed by atoms with van der Waals surface area (Å²) in [5.41, 5.74) is 0.993. The average molecular weight is 270 g/mol. The Labute approximate surface area is 113 Å². The molecular formula is C13H20ClN3O. The number of rotatable bonds is 7. The zero-order chi connectivity index (χ0) is 13.1. The minimum absolute atomic E-state index is 0.335. The predicted octanol–water partition coefficient (Wildman–Crippen LogP) is 2.01. The monoisotopic (exact) mass is 269 g/mol. The van der Waals surface area contributed by atoms with Gasteiger partial charge in [-0.05, 0) is 33.4 Å². The van der Waals surface area contributed by atoms with Crippen LogP contribution in [0.15, 0.2) is 6.20 Å². The molecule has 1 fully saturated rings. The van der Waals surface area contributed by atoms with Gasteiger partial charge in [0.2, 0.25) is 0 Å². The van der Waals surface area contributed by atoms with Gasteiger partial charge in [0.25, 0.3) is 0 Å². The van der Waals surface area contributed by atoms with Crippen molar-refractivity contribution >= 4 is 17.4 Å². The SMILES string of the molecule is CN(C)CCn1ncc(Cl)c1CCC(=O)C1CC1. The number of Topliss-reactive ketones (excluding diaryl/α,β-unsaturated/α-hetero) is 1. The van der Waals surface area contributed by atoms with Gasteiger partial charge in [0, 0.05) is 18.9 Å². The molecule has 1 aromatic heterocycles. The van der Waals surface area contributed by atoms with E-state index in [2.05, 4.69) is 10.00 Å². The van der Waals surface area contributed by atoms with E-state index < -0.39 is 0 Å². The van der Waals surface area contributed by atoms with Crippen LogP contribution < -0.4 is 0 Å². The topological polar surface area (TPSA) is 38.1 Å². The quantitative estimate of drug-likeness (QED) is 0.760. The van der Waals surface area contributed by atoms with Crippen molar-refractivity contribution in [1.82, 2.24) is 14.7 Å². The van der Waals surface area contributed by atoms with Gasteiger partial charge >= 0.3 is 0 Å². The Kier molecular flexibility index (Phi) is 4.40. The molecule has 18 heavy (non-hydrogen) atoms. The smallest absolute Gasteiger partial charge is 0.136 e. The van der Waals surface area contributed by atoms with Gasteiger partial charge in [-0.2, -0.15) is 5.10 Å². The number of nitrogens with zero attached hydrogens (tertiary/aromatic N) is 3. The lowest BCUT2D eigenvalue weighted by Gasteiger charge is -2.12. The summed E-state index contributed by atoms with van der Waals surface area (Å²) in [5.74, 6) is 0.716. The molecule has 5 heteroatoms. The van der Waals surface area contributed by atoms with Crippen molar-refractivity contribution in [3.63, 3.8) is 0 Å². The highest BCUT2D eigenvalue weighted by atomic mass is 35.5. The molecule has 1 saturated carbocycles. The standard InChI is InChI=1S/C13H20ClN3O/c1-16(2)7-8-17-12(11(14)9-15-17)5-6-13(18)10-3-4-10/h9-10H,3-8H2,1-2H3. The summed E-state index contributed by atoms with van der Waals surface area (Å²) in [7, 11) is 4.06. The van der Waals surface area contributed by atoms with Crippen molar-refractivity contribution in [3.8, 4) is 0 Å². The molecule has 0 spiro atoms. The van der Waals surface area contributed by atoms with E-state index >= 15 is 0 Å². The molecule has 100 valence electrons. The van der Waals surface area contributed by atoms with Gasteiger partial charge in [-0.25, -0.2) is 0 Å². The van der Waals surface area contributed by atoms with Crippen LogP contribution in [-0.4, -0.2) is 41.1 Å². The minimum atomic E-state index is 0.335. The van der Waals surface area contributed by atoms with Gasteiger partial charge in [0.15, 0.2) is 0 Å². The van der Waals surface area contributed by atoms with Crippen LogP contribution >= 0.6 is 11.6 Å². The molecule has 1 aliphatic rings. The fourth-order valence-corrected chi connectivity index (χ4v) is 2.21. The third-order valence-electron chi connectivity index (χ3n) is 3.30. The van der Waals surface area contributed by atoms with E-state index in [-0.39, 0.29) is 0 Å². The van der Waals surface area contributed by atoms with Crippen molar-refractivity contribution in [2.45, 2.75) is 32.2 Å². The summed E-state index contributed by atoms with van der Waals surface area (Å²) in [6.07, 6.45) is 5.13. The Bertz CT molecular complexity index is 424. The Hall–Kier alpha value is -0.870. The summed E-state index contributed by atoms with van der Waals surface area (Å²) >= 11 is 6.13. The maximum Gasteiger partial charge on any atom is 0.136 e. The molecule has 0 unspecified atom stereocenters. The number of hydrogen-bond acceptors (Lipinski definition) is 3. The van der Waals surface area contributed by atoms with Crippen LogP contribution in [0.2, 0.25) is 5.02 Å². The molecule has 0 N–H and O–H groups in total. The number of carbonyl (C=O) groups excluding carboxylic acids is 1. The largest absolute Gasteiger partial charge is 0.308 e. The summed E-state index contributed by atoms with van der Waals surface area (Å²) in [5, 5.41) is 4.95. The van der Waals surface area contributed by atoms with Crippen LogP contribution in [0.4, 0.5) is 0 Å². The highest BCUT2D eigenvalue weighted by Gasteiger charge is 2.29. The summed E-state index contributed by atoms with van der Waals surface area (Å²) in [6.45, 7) is 1.73. The van der Waals surface area contributed by atoms with E-state index in [0.29, 0.717) is 29.6 Å². The Balaban J connectivity index is 1.92. The Morgan fingerprint density at radius 1 is 1.56 bits per heavy atom. The minimum Gasteiger partial charge on any atom is -0.308 e. The second kappa shape index (κ2) is 5.85. The van der Waals surface area contributed by atoms with Crippen molar-refractivity contribution in [1.29, 1.82) is 0 Å². The van der Waals surface area contributed by atoms with Crippen LogP contribution in [0.25, 0.3) is 0 Å². The number of likely N-dealkylation sites (N-methyl/N-ethyl adjacent to an activating group) is 1. The van der Waals surface area contributed by atoms with E-state index in [1.54, 1.807) is 6.20 Å². The second-order valence-corrected chi connectivity index (χ2v) is 5.61. The van der Waals surface area contributed by atoms with Gasteiger partial charge in [-0.1, -0.05) is 11.6 Å². The van der Waals surface area contributed by atoms with E-state index in [9.17, 15) is 4.79 Å². The predicted molar refractivity (Wildman–Crippen MR) is 71.8 cm³/mol. The molecule has 0 aliphatic heterocycles. The fourth-order valence-electron chi connectivity index (χ4n) is 1.97. The summed E-state index contributed by atoms with van der Waals surface area (Å²) < 4.78 is 1.92. The molecule has 0 bridgehead atoms. The van der Waals surface area contributed by atoms with Crippen LogP contribution in [0.5, 0.6) is 0 Å². The lowest BCUT2D eigenvalue weighted by Crippen LogP contribution is -2.20. The Morgan fingerprint density at radius 2 is 2.28 bits per heavy atom. The van der Waals surface area contributed by atoms with Crippen molar-refractivity contribution in [3.05, 3.63) is 16.9 Å². The van der Waals surface area contributed by atoms with Gasteiger partial charge in [-0.3, -0.25) is 9.48 Å². The highest BCUT2D eigenvalue weighted by molar-refractivity contribution is 6.31. The van der Waals surface area contributed by atoms with E-state index in [0.717, 1.165) is 31.6 Å². The first kappa shape index (κ1) is 13.6. The molecule has 0 saturated heterocycles. The number of hydrogen-bond donors (Lipinski definition) is 0. The van der Waals surface area contributed by atoms with Gasteiger partial charge in [0.1, 0.15) is 5.78 Å². The molecule has 0 aromatic carbocycles. The lowest BCUT2D eigenvalue weighted by molar-refractivity contribution is -0.120. The molecule has 1 heterocycles. The number of carbonyl (C=O) groups is 1. The molecule has 1 aromatic rings. The molecule has 4 nitrogen and oxygen atoms in total. The normalized spacial score (nSPS) is 15.3. The third-order valence-corrected chi connectivity index (χ3v) is 3.61. The molecule has 2 rings (SSSR count). The zero-order valence-corrected chi connectivity index (χ0v) is 11.8. The van der Waals surface area contributed by atoms with Crippen molar-refractivity contribution < 1.29 is 4.79 Å². The fraction of sp³-hybridized carbons (Fsp3) is 0.692. The van der Waals surface area contributed by atoms with Crippen LogP contribution in [0.1, 0.15) is 25.0 Å². The molecule has 0 atom stereocenters. The maximum absolute atomic E-state index is 11.7. The van der Waals surface area contributed by atoms with Crippen LogP contribution in [0, 0.1) is 5.92 Å². The maximum atomic E-state index is 11.7. The Morgan fingerprint density at radius 3 is 2.89 bits per heavy atom. The molecular weight excluding hydrogens is 250 g/mol. The summed E-state index contributed by atoms with van der Waals surface area (Å²) in [6, 6.07) is 0. The third kappa shape index (κ3) is 3.56. The lowest BCUT2D eigenvalue weighted by atomic mass is 10.1. The first-order valence-corrected chi connectivity index (χ1v) is 6.83. The van der Waals surface area contributed by atoms with E-state index in [1.165, 1.54) is 0 Å². The van der Waals surface area contributed by atoms with E-state index in [4.69, 9.17) is 11.6 Å². The summed E-state index contributed by atoms with van der Waals surface area (Å²) in [4.78, 5) is 13.8. The van der Waals surface area contributed by atoms with Gasteiger partial charge < -0.3 is 4.90 Å². The van der Waals surface area contributed by atoms with Crippen molar-refractivity contribution in [2.24, 2.45) is 5.92 Å². The zero-order valence-electron chi connectivity index (χ0n) is 11.0. The van der Waals surface area contributed by atoms with Crippen molar-refractivity contribution in [2.75, 3.05) is 20.6 Å². The highest BCUT2D eigenvalue weighted by Crippen LogP contribution is 2.31. The molecule has 1 aliphatic carbocycles. The van der Waals surface area contributed by atoms with Crippen LogP contribution in [-0.2, 0) is 17.8 Å². The first-order chi connectivity index (χ1) is 8.58. The average Bonchev–Trinajstić information content (AvgIpc) is 3.10. The van der Waals surface area contributed by atoms with E-state index in [1.807, 2.05) is 18.8 Å². The van der Waals surface area contributed by atoms with Gasteiger partial charge in [0.05, 0.1) is 23.5 Å². The number of aromatic nitrogens is 2. The molecule has 0 amide bonds. The number of halogens is 1. The molecule has 0 radical (unpaired) electrons. The number of ketones is 1. The first-order valence-electron chi connectivity index (χ1n) is 6.45. The van der Waals surface area contributed by atoms with Crippen LogP contribution in [0.3, 0.4) is 0 Å². The second-order valence-electron chi connectivity index (χ2n) is 5.21.